The van der Waals surface area contributed by atoms with Crippen LogP contribution in [-0.4, -0.2) is 9.16 Å². The number of fused-ring (bicyclic) bond motifs is 14. The highest BCUT2D eigenvalue weighted by Gasteiger charge is 2.39. The molecule has 4 aliphatic carbocycles. The Bertz CT molecular complexity index is 1580. The normalized spacial score (nSPS) is 32.0. The second-order valence-corrected chi connectivity index (χ2v) is 16.8. The summed E-state index contributed by atoms with van der Waals surface area (Å²) in [4.78, 5) is 5.99. The fourth-order valence-electron chi connectivity index (χ4n) is 7.88. The minimum atomic E-state index is 0.563. The standard InChI is InChI=1S/C32H24S4/c1-2-16-5-15(1)23-7-19-11-27-28(12-20(19)8-24(16)23)34-31(33-27)32-35-29-13-21-9-25-17-3-4-18(6-17)26(25)10-22(21)14-30(29)36-32/h1-2,7-18,31-32H,3-6H2. The van der Waals surface area contributed by atoms with E-state index >= 15 is 0 Å². The van der Waals surface area contributed by atoms with Crippen LogP contribution in [0.25, 0.3) is 21.5 Å². The van der Waals surface area contributed by atoms with E-state index in [0.29, 0.717) is 21.0 Å². The summed E-state index contributed by atoms with van der Waals surface area (Å²) in [7, 11) is 0. The summed E-state index contributed by atoms with van der Waals surface area (Å²) in [6.07, 6.45) is 10.4. The van der Waals surface area contributed by atoms with Crippen molar-refractivity contribution in [2.75, 3.05) is 0 Å². The van der Waals surface area contributed by atoms with Gasteiger partial charge in [-0.1, -0.05) is 36.4 Å². The van der Waals surface area contributed by atoms with Gasteiger partial charge in [-0.05, 0) is 106 Å². The third kappa shape index (κ3) is 2.75. The molecule has 4 aromatic rings. The lowest BCUT2D eigenvalue weighted by Crippen LogP contribution is -2.06. The van der Waals surface area contributed by atoms with E-state index in [1.807, 2.05) is 0 Å². The van der Waals surface area contributed by atoms with Crippen molar-refractivity contribution in [3.63, 3.8) is 0 Å². The van der Waals surface area contributed by atoms with Crippen LogP contribution < -0.4 is 0 Å². The van der Waals surface area contributed by atoms with Gasteiger partial charge in [0.15, 0.2) is 0 Å². The Morgan fingerprint density at radius 1 is 0.444 bits per heavy atom. The molecule has 4 bridgehead atoms. The average molecular weight is 537 g/mol. The van der Waals surface area contributed by atoms with Crippen LogP contribution in [0.5, 0.6) is 0 Å². The number of rotatable bonds is 1. The highest BCUT2D eigenvalue weighted by molar-refractivity contribution is 8.26. The zero-order valence-electron chi connectivity index (χ0n) is 19.7. The Morgan fingerprint density at radius 2 is 0.833 bits per heavy atom. The summed E-state index contributed by atoms with van der Waals surface area (Å²) in [5.41, 5.74) is 6.52. The lowest BCUT2D eigenvalue weighted by atomic mass is 9.89. The van der Waals surface area contributed by atoms with E-state index < -0.39 is 0 Å². The molecule has 10 rings (SSSR count). The van der Waals surface area contributed by atoms with Gasteiger partial charge in [-0.25, -0.2) is 0 Å². The maximum atomic E-state index is 2.55. The van der Waals surface area contributed by atoms with Gasteiger partial charge in [-0.2, -0.15) is 0 Å². The van der Waals surface area contributed by atoms with Crippen LogP contribution in [0.1, 0.15) is 71.6 Å². The van der Waals surface area contributed by atoms with Gasteiger partial charge in [0.2, 0.25) is 0 Å². The Kier molecular flexibility index (Phi) is 4.06. The van der Waals surface area contributed by atoms with E-state index in [4.69, 9.17) is 0 Å². The van der Waals surface area contributed by atoms with Crippen molar-refractivity contribution in [2.24, 2.45) is 0 Å². The Labute approximate surface area is 228 Å². The van der Waals surface area contributed by atoms with Crippen LogP contribution in [0.3, 0.4) is 0 Å². The van der Waals surface area contributed by atoms with E-state index in [0.717, 1.165) is 11.8 Å². The average Bonchev–Trinajstić information content (AvgIpc) is 3.73. The zero-order chi connectivity index (χ0) is 23.1. The topological polar surface area (TPSA) is 0 Å². The van der Waals surface area contributed by atoms with E-state index in [9.17, 15) is 0 Å². The molecule has 0 amide bonds. The molecule has 4 heteroatoms. The first kappa shape index (κ1) is 20.5. The van der Waals surface area contributed by atoms with Crippen molar-refractivity contribution in [1.82, 2.24) is 0 Å². The predicted molar refractivity (Wildman–Crippen MR) is 157 cm³/mol. The van der Waals surface area contributed by atoms with E-state index in [-0.39, 0.29) is 0 Å². The predicted octanol–water partition coefficient (Wildman–Crippen LogP) is 10.2. The first-order valence-electron chi connectivity index (χ1n) is 13.3. The van der Waals surface area contributed by atoms with Crippen molar-refractivity contribution < 1.29 is 0 Å². The minimum Gasteiger partial charge on any atom is -0.108 e. The molecule has 1 saturated carbocycles. The molecule has 0 saturated heterocycles. The Balaban J connectivity index is 0.963. The van der Waals surface area contributed by atoms with Crippen molar-refractivity contribution in [3.8, 4) is 0 Å². The summed E-state index contributed by atoms with van der Waals surface area (Å²) >= 11 is 8.43. The molecule has 2 aliphatic heterocycles. The third-order valence-corrected chi connectivity index (χ3v) is 16.1. The first-order valence-corrected chi connectivity index (χ1v) is 16.8. The Morgan fingerprint density at radius 3 is 1.25 bits per heavy atom. The molecule has 0 N–H and O–H groups in total. The Hall–Kier alpha value is -1.46. The molecule has 176 valence electrons. The summed E-state index contributed by atoms with van der Waals surface area (Å²) in [5.74, 6) is 3.00. The van der Waals surface area contributed by atoms with Gasteiger partial charge in [0.1, 0.15) is 0 Å². The number of thioether (sulfide) groups is 4. The zero-order valence-corrected chi connectivity index (χ0v) is 23.0. The molecule has 0 radical (unpaired) electrons. The van der Waals surface area contributed by atoms with Crippen molar-refractivity contribution >= 4 is 68.6 Å². The highest BCUT2D eigenvalue weighted by Crippen LogP contribution is 2.61. The van der Waals surface area contributed by atoms with Crippen LogP contribution in [0.15, 0.2) is 80.3 Å². The van der Waals surface area contributed by atoms with Crippen LogP contribution >= 0.6 is 47.0 Å². The quantitative estimate of drug-likeness (QED) is 0.222. The summed E-state index contributed by atoms with van der Waals surface area (Å²) in [6.45, 7) is 0. The van der Waals surface area contributed by atoms with Crippen LogP contribution in [0, 0.1) is 0 Å². The summed E-state index contributed by atoms with van der Waals surface area (Å²) in [5, 5.41) is 5.80. The van der Waals surface area contributed by atoms with Gasteiger partial charge < -0.3 is 0 Å². The minimum absolute atomic E-state index is 0.563. The highest BCUT2D eigenvalue weighted by atomic mass is 32.2. The molecule has 4 unspecified atom stereocenters. The molecule has 0 spiro atoms. The summed E-state index contributed by atoms with van der Waals surface area (Å²) in [6, 6.07) is 20.1. The molecule has 2 heterocycles. The SMILES string of the molecule is C1=CC2CC1c1cc3cc4c(cc3cc12)SC(C1Sc2cc3cc5c(cc3cc2S1)C1CCC5C1)S4. The van der Waals surface area contributed by atoms with Crippen LogP contribution in [0.2, 0.25) is 0 Å². The molecule has 0 nitrogen and oxygen atoms in total. The number of hydrogen-bond acceptors (Lipinski definition) is 4. The second-order valence-electron chi connectivity index (χ2n) is 11.5. The van der Waals surface area contributed by atoms with Gasteiger partial charge in [0.25, 0.3) is 0 Å². The van der Waals surface area contributed by atoms with E-state index in [1.54, 1.807) is 22.3 Å². The molecular weight excluding hydrogens is 513 g/mol. The van der Waals surface area contributed by atoms with Gasteiger partial charge >= 0.3 is 0 Å². The van der Waals surface area contributed by atoms with Gasteiger partial charge in [-0.15, -0.1) is 47.0 Å². The molecule has 4 atom stereocenters. The largest absolute Gasteiger partial charge is 0.108 e. The van der Waals surface area contributed by atoms with Crippen molar-refractivity contribution in [3.05, 3.63) is 82.9 Å². The number of hydrogen-bond donors (Lipinski definition) is 0. The lowest BCUT2D eigenvalue weighted by Gasteiger charge is -2.16. The molecule has 0 aromatic heterocycles. The second kappa shape index (κ2) is 7.14. The summed E-state index contributed by atoms with van der Waals surface area (Å²) < 4.78 is 1.13. The maximum Gasteiger partial charge on any atom is 0.0814 e. The van der Waals surface area contributed by atoms with Crippen molar-refractivity contribution in [2.45, 2.75) is 78.1 Å². The molecular formula is C32H24S4. The first-order chi connectivity index (χ1) is 17.7. The van der Waals surface area contributed by atoms with Crippen LogP contribution in [0.4, 0.5) is 0 Å². The maximum absolute atomic E-state index is 2.55. The van der Waals surface area contributed by atoms with Crippen molar-refractivity contribution in [1.29, 1.82) is 0 Å². The van der Waals surface area contributed by atoms with Crippen LogP contribution in [-0.2, 0) is 0 Å². The molecule has 4 aromatic carbocycles. The van der Waals surface area contributed by atoms with Gasteiger partial charge in [-0.3, -0.25) is 0 Å². The lowest BCUT2D eigenvalue weighted by molar-refractivity contribution is 0.719. The fourth-order valence-corrected chi connectivity index (χ4v) is 14.3. The molecule has 36 heavy (non-hydrogen) atoms. The fraction of sp³-hybridized carbons (Fsp3) is 0.312. The number of benzene rings is 4. The monoisotopic (exact) mass is 536 g/mol. The molecule has 1 fully saturated rings. The van der Waals surface area contributed by atoms with Gasteiger partial charge in [0.05, 0.1) is 9.16 Å². The number of allylic oxidation sites excluding steroid dienone is 2. The van der Waals surface area contributed by atoms with E-state index in [1.165, 1.54) is 66.8 Å². The third-order valence-electron chi connectivity index (χ3n) is 9.60. The van der Waals surface area contributed by atoms with E-state index in [2.05, 4.69) is 108 Å². The molecule has 6 aliphatic rings. The van der Waals surface area contributed by atoms with Gasteiger partial charge in [0, 0.05) is 31.4 Å². The smallest absolute Gasteiger partial charge is 0.0814 e.